The first-order valence-electron chi connectivity index (χ1n) is 10.8. The van der Waals surface area contributed by atoms with Gasteiger partial charge in [0.1, 0.15) is 5.60 Å². The van der Waals surface area contributed by atoms with Gasteiger partial charge in [-0.2, -0.15) is 0 Å². The highest BCUT2D eigenvalue weighted by Crippen LogP contribution is 2.24. The number of carbonyl (C=O) groups excluding carboxylic acids is 4. The van der Waals surface area contributed by atoms with Crippen LogP contribution in [0.4, 0.5) is 10.5 Å². The maximum absolute atomic E-state index is 12.9. The zero-order valence-corrected chi connectivity index (χ0v) is 21.1. The van der Waals surface area contributed by atoms with Crippen molar-refractivity contribution in [1.82, 2.24) is 9.91 Å². The molecule has 0 bridgehead atoms. The smallest absolute Gasteiger partial charge is 0.414 e. The van der Waals surface area contributed by atoms with Gasteiger partial charge in [-0.25, -0.2) is 15.4 Å². The fourth-order valence-corrected chi connectivity index (χ4v) is 3.17. The van der Waals surface area contributed by atoms with Crippen LogP contribution in [0.1, 0.15) is 31.1 Å². The van der Waals surface area contributed by atoms with Crippen LogP contribution < -0.4 is 10.7 Å². The van der Waals surface area contributed by atoms with Crippen LogP contribution in [0.3, 0.4) is 0 Å². The second-order valence-electron chi connectivity index (χ2n) is 8.95. The van der Waals surface area contributed by atoms with E-state index in [4.69, 9.17) is 10.6 Å². The lowest BCUT2D eigenvalue weighted by Crippen LogP contribution is -2.54. The number of amides is 3. The third-order valence-electron chi connectivity index (χ3n) is 5.10. The highest BCUT2D eigenvalue weighted by atomic mass is 16.6. The second-order valence-corrected chi connectivity index (χ2v) is 8.95. The second kappa shape index (κ2) is 11.0. The lowest BCUT2D eigenvalue weighted by Gasteiger charge is -2.27. The number of nitrogens with zero attached hydrogens (tertiary/aromatic N) is 3. The molecule has 10 nitrogen and oxygen atoms in total. The highest BCUT2D eigenvalue weighted by molar-refractivity contribution is 6.07. The van der Waals surface area contributed by atoms with Gasteiger partial charge < -0.3 is 14.4 Å². The van der Waals surface area contributed by atoms with Gasteiger partial charge in [-0.05, 0) is 56.2 Å². The van der Waals surface area contributed by atoms with Gasteiger partial charge >= 0.3 is 12.1 Å². The van der Waals surface area contributed by atoms with E-state index >= 15 is 0 Å². The molecule has 3 amide bonds. The number of esters is 1. The monoisotopic (exact) mass is 484 g/mol. The van der Waals surface area contributed by atoms with Gasteiger partial charge in [0, 0.05) is 32.4 Å². The topological polar surface area (TPSA) is 122 Å². The minimum absolute atomic E-state index is 0.277. The summed E-state index contributed by atoms with van der Waals surface area (Å²) in [6.45, 7) is 5.41. The van der Waals surface area contributed by atoms with Crippen molar-refractivity contribution in [2.24, 2.45) is 5.84 Å². The Morgan fingerprint density at radius 2 is 1.34 bits per heavy atom. The Hall–Kier alpha value is -3.92. The lowest BCUT2D eigenvalue weighted by molar-refractivity contribution is -0.153. The minimum atomic E-state index is -1.50. The molecule has 188 valence electrons. The summed E-state index contributed by atoms with van der Waals surface area (Å²) in [5.74, 6) is 3.26. The van der Waals surface area contributed by atoms with Gasteiger partial charge in [-0.1, -0.05) is 24.3 Å². The van der Waals surface area contributed by atoms with E-state index < -0.39 is 35.5 Å². The molecule has 2 aromatic carbocycles. The van der Waals surface area contributed by atoms with Crippen LogP contribution in [-0.4, -0.2) is 73.7 Å². The number of rotatable bonds is 6. The van der Waals surface area contributed by atoms with Crippen molar-refractivity contribution in [3.05, 3.63) is 54.1 Å². The van der Waals surface area contributed by atoms with Crippen LogP contribution >= 0.6 is 0 Å². The Morgan fingerprint density at radius 1 is 0.857 bits per heavy atom. The molecule has 10 heteroatoms. The molecule has 0 aliphatic carbocycles. The third-order valence-corrected chi connectivity index (χ3v) is 5.10. The molecule has 2 aromatic rings. The first-order chi connectivity index (χ1) is 16.3. The number of methoxy groups -OCH3 is 1. The zero-order chi connectivity index (χ0) is 26.5. The number of hydrazine groups is 1. The van der Waals surface area contributed by atoms with Crippen LogP contribution in [0.2, 0.25) is 0 Å². The van der Waals surface area contributed by atoms with Gasteiger partial charge in [-0.15, -0.1) is 0 Å². The molecule has 0 aliphatic heterocycles. The minimum Gasteiger partial charge on any atom is -0.467 e. The van der Waals surface area contributed by atoms with Crippen molar-refractivity contribution in [1.29, 1.82) is 0 Å². The van der Waals surface area contributed by atoms with Gasteiger partial charge in [0.25, 0.3) is 11.8 Å². The number of hydrogen-bond donors (Lipinski definition) is 1. The number of ether oxygens (including phenoxy) is 2. The van der Waals surface area contributed by atoms with Crippen LogP contribution in [0.15, 0.2) is 48.5 Å². The molecule has 0 spiro atoms. The molecule has 2 rings (SSSR count). The largest absolute Gasteiger partial charge is 0.467 e. The number of hydrogen-bond acceptors (Lipinski definition) is 7. The molecule has 1 atom stereocenters. The van der Waals surface area contributed by atoms with E-state index in [0.717, 1.165) is 28.1 Å². The Labute approximate surface area is 205 Å². The van der Waals surface area contributed by atoms with Crippen LogP contribution in [0.5, 0.6) is 0 Å². The molecule has 0 aliphatic rings. The molecule has 0 saturated carbocycles. The van der Waals surface area contributed by atoms with E-state index in [9.17, 15) is 19.2 Å². The van der Waals surface area contributed by atoms with E-state index in [0.29, 0.717) is 5.69 Å². The van der Waals surface area contributed by atoms with Crippen LogP contribution in [0.25, 0.3) is 11.1 Å². The summed E-state index contributed by atoms with van der Waals surface area (Å²) in [6.07, 6.45) is -0.457. The predicted octanol–water partition coefficient (Wildman–Crippen LogP) is 2.67. The lowest BCUT2D eigenvalue weighted by atomic mass is 10.0. The van der Waals surface area contributed by atoms with Gasteiger partial charge in [0.05, 0.1) is 7.11 Å². The quantitative estimate of drug-likeness (QED) is 0.220. The summed E-state index contributed by atoms with van der Waals surface area (Å²) in [6, 6.07) is 12.5. The zero-order valence-electron chi connectivity index (χ0n) is 21.1. The van der Waals surface area contributed by atoms with Crippen molar-refractivity contribution in [3.63, 3.8) is 0 Å². The summed E-state index contributed by atoms with van der Waals surface area (Å²) < 4.78 is 10.0. The average Bonchev–Trinajstić information content (AvgIpc) is 2.81. The first-order valence-corrected chi connectivity index (χ1v) is 10.8. The van der Waals surface area contributed by atoms with Crippen LogP contribution in [-0.2, 0) is 19.1 Å². The van der Waals surface area contributed by atoms with E-state index in [1.165, 1.54) is 19.0 Å². The molecule has 0 saturated heterocycles. The predicted molar refractivity (Wildman–Crippen MR) is 131 cm³/mol. The number of likely N-dealkylation sites (N-methyl/N-ethyl adjacent to an activating group) is 2. The summed E-state index contributed by atoms with van der Waals surface area (Å²) in [5.41, 5.74) is 2.05. The molecule has 35 heavy (non-hydrogen) atoms. The van der Waals surface area contributed by atoms with Crippen molar-refractivity contribution in [3.8, 4) is 11.1 Å². The molecule has 2 N–H and O–H groups in total. The number of nitrogens with two attached hydrogens (primary N) is 1. The highest BCUT2D eigenvalue weighted by Gasteiger charge is 2.36. The molecule has 0 fully saturated rings. The molecule has 0 heterocycles. The van der Waals surface area contributed by atoms with Gasteiger partial charge in [0.15, 0.2) is 0 Å². The molecule has 1 unspecified atom stereocenters. The SMILES string of the molecule is COC(=O)C(C(=O)N(C)N)N(C)C(=O)c1ccc(-c2ccc(N(C)C(=O)OC(C)(C)C)cc2)cc1. The van der Waals surface area contributed by atoms with E-state index in [-0.39, 0.29) is 5.56 Å². The van der Waals surface area contributed by atoms with E-state index in [2.05, 4.69) is 4.74 Å². The average molecular weight is 485 g/mol. The fourth-order valence-electron chi connectivity index (χ4n) is 3.17. The third kappa shape index (κ3) is 6.80. The summed E-state index contributed by atoms with van der Waals surface area (Å²) in [7, 11) is 5.37. The molecular weight excluding hydrogens is 452 g/mol. The van der Waals surface area contributed by atoms with Gasteiger partial charge in [0.2, 0.25) is 6.04 Å². The molecule has 0 radical (unpaired) electrons. The standard InChI is InChI=1S/C25H32N4O6/c1-25(2,3)35-24(33)27(4)19-14-12-17(13-15-19)16-8-10-18(11-9-16)21(30)28(5)20(23(32)34-7)22(31)29(6)26/h8-15,20H,26H2,1-7H3. The van der Waals surface area contributed by atoms with E-state index in [1.807, 2.05) is 12.1 Å². The molecular formula is C25H32N4O6. The molecule has 0 aromatic heterocycles. The fraction of sp³-hybridized carbons (Fsp3) is 0.360. The van der Waals surface area contributed by atoms with Crippen molar-refractivity contribution < 1.29 is 28.7 Å². The van der Waals surface area contributed by atoms with Crippen LogP contribution in [0, 0.1) is 0 Å². The van der Waals surface area contributed by atoms with Gasteiger partial charge in [-0.3, -0.25) is 19.5 Å². The summed E-state index contributed by atoms with van der Waals surface area (Å²) in [4.78, 5) is 52.0. The van der Waals surface area contributed by atoms with E-state index in [1.54, 1.807) is 64.2 Å². The maximum Gasteiger partial charge on any atom is 0.414 e. The number of carbonyl (C=O) groups is 4. The van der Waals surface area contributed by atoms with Crippen molar-refractivity contribution >= 4 is 29.6 Å². The number of anilines is 1. The summed E-state index contributed by atoms with van der Waals surface area (Å²) >= 11 is 0. The summed E-state index contributed by atoms with van der Waals surface area (Å²) in [5, 5.41) is 0.734. The normalized spacial score (nSPS) is 11.8. The Morgan fingerprint density at radius 3 is 1.77 bits per heavy atom. The maximum atomic E-state index is 12.9. The van der Waals surface area contributed by atoms with Crippen molar-refractivity contribution in [2.45, 2.75) is 32.4 Å². The number of benzene rings is 2. The first kappa shape index (κ1) is 27.3. The Kier molecular flexibility index (Phi) is 8.59. The van der Waals surface area contributed by atoms with Crippen molar-refractivity contribution in [2.75, 3.05) is 33.2 Å². The Balaban J connectivity index is 2.19. The Bertz CT molecular complexity index is 1070.